The first-order chi connectivity index (χ1) is 9.06. The Kier molecular flexibility index (Phi) is 4.68. The Bertz CT molecular complexity index is 537. The van der Waals surface area contributed by atoms with Gasteiger partial charge in [0, 0.05) is 0 Å². The van der Waals surface area contributed by atoms with Crippen LogP contribution in [-0.2, 0) is 6.54 Å². The van der Waals surface area contributed by atoms with Gasteiger partial charge in [-0.1, -0.05) is 0 Å². The summed E-state index contributed by atoms with van der Waals surface area (Å²) in [5, 5.41) is 2.96. The van der Waals surface area contributed by atoms with Gasteiger partial charge < -0.3 is 10.6 Å². The molecule has 0 fully saturated rings. The fourth-order valence-corrected chi connectivity index (χ4v) is 2.76. The molecule has 0 unspecified atom stereocenters. The van der Waals surface area contributed by atoms with Crippen LogP contribution in [0.25, 0.3) is 10.2 Å². The molecule has 0 aromatic carbocycles. The summed E-state index contributed by atoms with van der Waals surface area (Å²) in [7, 11) is 6.27. The first-order valence-corrected chi connectivity index (χ1v) is 7.27. The predicted molar refractivity (Wildman–Crippen MR) is 81.3 cm³/mol. The van der Waals surface area contributed by atoms with Crippen molar-refractivity contribution in [3.8, 4) is 0 Å². The van der Waals surface area contributed by atoms with Gasteiger partial charge in [0.25, 0.3) is 0 Å². The zero-order valence-electron chi connectivity index (χ0n) is 11.8. The number of hydrogen-bond donors (Lipinski definition) is 1. The molecule has 19 heavy (non-hydrogen) atoms. The van der Waals surface area contributed by atoms with Crippen molar-refractivity contribution in [1.82, 2.24) is 19.8 Å². The highest BCUT2D eigenvalue weighted by Gasteiger charge is 2.08. The molecule has 0 atom stereocenters. The van der Waals surface area contributed by atoms with Crippen LogP contribution in [0.2, 0.25) is 0 Å². The topological polar surface area (TPSA) is 58.3 Å². The first-order valence-electron chi connectivity index (χ1n) is 6.39. The smallest absolute Gasteiger partial charge is 0.146 e. The van der Waals surface area contributed by atoms with Gasteiger partial charge >= 0.3 is 0 Å². The largest absolute Gasteiger partial charge is 0.383 e. The number of hydrogen-bond acceptors (Lipinski definition) is 6. The molecule has 2 N–H and O–H groups in total. The molecule has 0 bridgehead atoms. The van der Waals surface area contributed by atoms with Crippen LogP contribution in [-0.4, -0.2) is 54.0 Å². The Morgan fingerprint density at radius 1 is 1.21 bits per heavy atom. The highest BCUT2D eigenvalue weighted by molar-refractivity contribution is 7.16. The van der Waals surface area contributed by atoms with Gasteiger partial charge in [0.05, 0.1) is 11.9 Å². The van der Waals surface area contributed by atoms with E-state index in [1.807, 2.05) is 11.4 Å². The molecule has 0 amide bonds. The van der Waals surface area contributed by atoms with Gasteiger partial charge in [0.2, 0.25) is 0 Å². The number of nitrogens with two attached hydrogens (primary N) is 1. The highest BCUT2D eigenvalue weighted by Crippen LogP contribution is 2.23. The Hall–Kier alpha value is -1.24. The average molecular weight is 279 g/mol. The molecule has 104 valence electrons. The van der Waals surface area contributed by atoms with Crippen LogP contribution >= 0.6 is 11.3 Å². The maximum atomic E-state index is 5.95. The number of aromatic nitrogens is 2. The van der Waals surface area contributed by atoms with Crippen molar-refractivity contribution in [1.29, 1.82) is 0 Å². The van der Waals surface area contributed by atoms with Crippen molar-refractivity contribution in [3.63, 3.8) is 0 Å². The molecule has 0 aliphatic carbocycles. The summed E-state index contributed by atoms with van der Waals surface area (Å²) in [5.74, 6) is 1.39. The Morgan fingerprint density at radius 2 is 2.00 bits per heavy atom. The maximum Gasteiger partial charge on any atom is 0.146 e. The van der Waals surface area contributed by atoms with Crippen molar-refractivity contribution in [3.05, 3.63) is 17.3 Å². The van der Waals surface area contributed by atoms with E-state index in [1.165, 1.54) is 0 Å². The summed E-state index contributed by atoms with van der Waals surface area (Å²) in [6, 6.07) is 1.97. The molecule has 2 aromatic heterocycles. The van der Waals surface area contributed by atoms with Gasteiger partial charge in [-0.25, -0.2) is 9.97 Å². The Morgan fingerprint density at radius 3 is 2.74 bits per heavy atom. The van der Waals surface area contributed by atoms with Crippen LogP contribution < -0.4 is 5.73 Å². The minimum absolute atomic E-state index is 0.586. The minimum Gasteiger partial charge on any atom is -0.383 e. The van der Waals surface area contributed by atoms with Crippen LogP contribution in [0.15, 0.2) is 11.4 Å². The summed E-state index contributed by atoms with van der Waals surface area (Å²) >= 11 is 1.61. The van der Waals surface area contributed by atoms with Crippen molar-refractivity contribution < 1.29 is 0 Å². The molecule has 0 saturated heterocycles. The summed E-state index contributed by atoms with van der Waals surface area (Å²) in [5.41, 5.74) is 5.95. The molecule has 6 heteroatoms. The quantitative estimate of drug-likeness (QED) is 0.871. The first kappa shape index (κ1) is 14.2. The molecular weight excluding hydrogens is 258 g/mol. The van der Waals surface area contributed by atoms with Crippen LogP contribution in [0, 0.1) is 0 Å². The van der Waals surface area contributed by atoms with Gasteiger partial charge in [-0.3, -0.25) is 4.90 Å². The van der Waals surface area contributed by atoms with Gasteiger partial charge in [0.1, 0.15) is 16.5 Å². The van der Waals surface area contributed by atoms with Gasteiger partial charge in [-0.2, -0.15) is 0 Å². The monoisotopic (exact) mass is 279 g/mol. The van der Waals surface area contributed by atoms with Gasteiger partial charge in [-0.15, -0.1) is 11.3 Å². The molecule has 0 spiro atoms. The zero-order valence-corrected chi connectivity index (χ0v) is 12.6. The lowest BCUT2D eigenvalue weighted by Gasteiger charge is -2.17. The highest BCUT2D eigenvalue weighted by atomic mass is 32.1. The van der Waals surface area contributed by atoms with E-state index in [0.717, 1.165) is 42.1 Å². The van der Waals surface area contributed by atoms with E-state index in [2.05, 4.69) is 40.9 Å². The van der Waals surface area contributed by atoms with Crippen molar-refractivity contribution in [2.45, 2.75) is 13.0 Å². The van der Waals surface area contributed by atoms with Crippen molar-refractivity contribution >= 4 is 27.4 Å². The zero-order chi connectivity index (χ0) is 13.8. The van der Waals surface area contributed by atoms with E-state index in [-0.39, 0.29) is 0 Å². The van der Waals surface area contributed by atoms with E-state index in [0.29, 0.717) is 5.82 Å². The molecular formula is C13H21N5S. The van der Waals surface area contributed by atoms with Gasteiger partial charge in [0.15, 0.2) is 0 Å². The normalized spacial score (nSPS) is 11.8. The summed E-state index contributed by atoms with van der Waals surface area (Å²) in [6.45, 7) is 2.87. The minimum atomic E-state index is 0.586. The molecule has 0 aliphatic rings. The molecule has 0 radical (unpaired) electrons. The lowest BCUT2D eigenvalue weighted by molar-refractivity contribution is 0.289. The summed E-state index contributed by atoms with van der Waals surface area (Å²) in [4.78, 5) is 14.3. The fraction of sp³-hybridized carbons (Fsp3) is 0.538. The molecule has 0 saturated carbocycles. The van der Waals surface area contributed by atoms with E-state index < -0.39 is 0 Å². The lowest BCUT2D eigenvalue weighted by Crippen LogP contribution is -2.24. The molecule has 2 heterocycles. The molecule has 5 nitrogen and oxygen atoms in total. The number of nitrogens with zero attached hydrogens (tertiary/aromatic N) is 4. The summed E-state index contributed by atoms with van der Waals surface area (Å²) in [6.07, 6.45) is 1.14. The second kappa shape index (κ2) is 6.27. The molecule has 0 aliphatic heterocycles. The van der Waals surface area contributed by atoms with Crippen molar-refractivity contribution in [2.75, 3.05) is 40.0 Å². The predicted octanol–water partition coefficient (Wildman–Crippen LogP) is 1.66. The second-order valence-corrected chi connectivity index (χ2v) is 5.95. The number of nitrogen functional groups attached to an aromatic ring is 1. The second-order valence-electron chi connectivity index (χ2n) is 5.06. The van der Waals surface area contributed by atoms with Crippen molar-refractivity contribution in [2.24, 2.45) is 0 Å². The molecule has 2 aromatic rings. The maximum absolute atomic E-state index is 5.95. The third kappa shape index (κ3) is 3.86. The van der Waals surface area contributed by atoms with Crippen LogP contribution in [0.4, 0.5) is 5.82 Å². The van der Waals surface area contributed by atoms with E-state index in [1.54, 1.807) is 11.3 Å². The number of thiophene rings is 1. The Labute approximate surface area is 118 Å². The number of rotatable bonds is 6. The van der Waals surface area contributed by atoms with Crippen LogP contribution in [0.3, 0.4) is 0 Å². The SMILES string of the molecule is CN(C)CCCN(C)Cc1nc(N)c2ccsc2n1. The third-order valence-corrected chi connectivity index (χ3v) is 3.76. The van der Waals surface area contributed by atoms with E-state index in [9.17, 15) is 0 Å². The average Bonchev–Trinajstić information content (AvgIpc) is 2.76. The Balaban J connectivity index is 1.96. The fourth-order valence-electron chi connectivity index (χ4n) is 1.97. The van der Waals surface area contributed by atoms with Gasteiger partial charge in [-0.05, 0) is 52.1 Å². The third-order valence-electron chi connectivity index (χ3n) is 2.96. The number of fused-ring (bicyclic) bond motifs is 1. The lowest BCUT2D eigenvalue weighted by atomic mass is 10.3. The summed E-state index contributed by atoms with van der Waals surface area (Å²) < 4.78 is 0. The standard InChI is InChI=1S/C13H21N5S/c1-17(2)6-4-7-18(3)9-11-15-12(14)10-5-8-19-13(10)16-11/h5,8H,4,6-7,9H2,1-3H3,(H2,14,15,16). The molecule has 2 rings (SSSR count). The van der Waals surface area contributed by atoms with E-state index in [4.69, 9.17) is 5.73 Å². The van der Waals surface area contributed by atoms with Crippen LogP contribution in [0.5, 0.6) is 0 Å². The van der Waals surface area contributed by atoms with E-state index >= 15 is 0 Å². The number of anilines is 1. The van der Waals surface area contributed by atoms with Crippen LogP contribution in [0.1, 0.15) is 12.2 Å².